The highest BCUT2D eigenvalue weighted by Gasteiger charge is 2.32. The molecule has 0 saturated carbocycles. The molecule has 24 heavy (non-hydrogen) atoms. The third-order valence-electron chi connectivity index (χ3n) is 5.04. The predicted octanol–water partition coefficient (Wildman–Crippen LogP) is 1.98. The molecule has 3 rings (SSSR count). The summed E-state index contributed by atoms with van der Waals surface area (Å²) in [5.74, 6) is 1.05. The van der Waals surface area contributed by atoms with E-state index in [9.17, 15) is 14.9 Å². The smallest absolute Gasteiger partial charge is 0.293 e. The number of halogens is 1. The highest BCUT2D eigenvalue weighted by Crippen LogP contribution is 2.31. The largest absolute Gasteiger partial charge is 0.393 e. The van der Waals surface area contributed by atoms with Gasteiger partial charge in [-0.1, -0.05) is 0 Å². The van der Waals surface area contributed by atoms with Crippen LogP contribution in [-0.4, -0.2) is 41.9 Å². The number of carbonyl (C=O) groups is 1. The summed E-state index contributed by atoms with van der Waals surface area (Å²) < 4.78 is 0. The van der Waals surface area contributed by atoms with Crippen LogP contribution in [0.4, 0.5) is 11.4 Å². The summed E-state index contributed by atoms with van der Waals surface area (Å²) in [6.07, 6.45) is 1.94. The number of nitrogens with two attached hydrogens (primary N) is 1. The lowest BCUT2D eigenvalue weighted by atomic mass is 9.92. The number of hydrogen-bond acceptors (Lipinski definition) is 5. The van der Waals surface area contributed by atoms with E-state index in [1.165, 1.54) is 6.07 Å². The molecule has 132 valence electrons. The van der Waals surface area contributed by atoms with Crippen LogP contribution < -0.4 is 11.1 Å². The number of benzene rings is 1. The Morgan fingerprint density at radius 3 is 2.42 bits per heavy atom. The zero-order valence-corrected chi connectivity index (χ0v) is 14.5. The Hall–Kier alpha value is -1.86. The number of anilines is 1. The molecule has 2 atom stereocenters. The second-order valence-electron chi connectivity index (χ2n) is 6.55. The highest BCUT2D eigenvalue weighted by molar-refractivity contribution is 6.01. The number of hydrogen-bond donors (Lipinski definition) is 2. The van der Waals surface area contributed by atoms with E-state index in [-0.39, 0.29) is 35.3 Å². The second kappa shape index (κ2) is 7.36. The van der Waals surface area contributed by atoms with Crippen LogP contribution >= 0.6 is 12.4 Å². The minimum atomic E-state index is -0.530. The first kappa shape index (κ1) is 18.5. The van der Waals surface area contributed by atoms with Gasteiger partial charge in [0.05, 0.1) is 10.5 Å². The molecule has 2 saturated heterocycles. The van der Waals surface area contributed by atoms with Crippen molar-refractivity contribution in [1.82, 2.24) is 10.2 Å². The molecular formula is C16H23ClN4O3. The number of likely N-dealkylation sites (tertiary alicyclic amines) is 1. The summed E-state index contributed by atoms with van der Waals surface area (Å²) in [5, 5.41) is 14.5. The molecule has 2 aliphatic heterocycles. The first-order valence-electron chi connectivity index (χ1n) is 8.02. The number of nitrogen functional groups attached to an aromatic ring is 1. The van der Waals surface area contributed by atoms with Crippen LogP contribution in [0.3, 0.4) is 0 Å². The maximum absolute atomic E-state index is 12.8. The van der Waals surface area contributed by atoms with Crippen molar-refractivity contribution in [2.75, 3.05) is 31.9 Å². The molecule has 1 aromatic carbocycles. The number of aryl methyl sites for hydroxylation is 1. The van der Waals surface area contributed by atoms with Gasteiger partial charge in [-0.05, 0) is 56.3 Å². The van der Waals surface area contributed by atoms with Gasteiger partial charge in [0.2, 0.25) is 0 Å². The number of carbonyl (C=O) groups excluding carboxylic acids is 1. The Morgan fingerprint density at radius 1 is 1.29 bits per heavy atom. The van der Waals surface area contributed by atoms with Gasteiger partial charge in [-0.15, -0.1) is 12.4 Å². The Bertz CT molecular complexity index is 638. The minimum absolute atomic E-state index is 0. The Labute approximate surface area is 147 Å². The molecule has 1 amide bonds. The van der Waals surface area contributed by atoms with Crippen molar-refractivity contribution in [2.24, 2.45) is 11.8 Å². The van der Waals surface area contributed by atoms with Gasteiger partial charge < -0.3 is 16.0 Å². The minimum Gasteiger partial charge on any atom is -0.393 e. The number of rotatable bonds is 2. The van der Waals surface area contributed by atoms with Gasteiger partial charge in [0.1, 0.15) is 5.69 Å². The predicted molar refractivity (Wildman–Crippen MR) is 94.5 cm³/mol. The van der Waals surface area contributed by atoms with E-state index >= 15 is 0 Å². The second-order valence-corrected chi connectivity index (χ2v) is 6.55. The lowest BCUT2D eigenvalue weighted by molar-refractivity contribution is -0.384. The van der Waals surface area contributed by atoms with Gasteiger partial charge in [-0.25, -0.2) is 0 Å². The standard InChI is InChI=1S/C16H22N4O3.ClH/c1-10-6-13(15(17)14(7-10)20(22)23)16(21)19-4-2-11-8-18-9-12(11)3-5-19;/h6-7,11-12,18H,2-5,8-9,17H2,1H3;1H/t11-,12+;. The molecule has 1 aromatic rings. The van der Waals surface area contributed by atoms with E-state index in [1.807, 2.05) is 0 Å². The number of nitrogens with one attached hydrogen (secondary N) is 1. The monoisotopic (exact) mass is 354 g/mol. The average molecular weight is 355 g/mol. The van der Waals surface area contributed by atoms with Crippen LogP contribution in [0.2, 0.25) is 0 Å². The fourth-order valence-electron chi connectivity index (χ4n) is 3.70. The zero-order valence-electron chi connectivity index (χ0n) is 13.7. The molecule has 0 radical (unpaired) electrons. The van der Waals surface area contributed by atoms with Crippen molar-refractivity contribution < 1.29 is 9.72 Å². The van der Waals surface area contributed by atoms with E-state index in [2.05, 4.69) is 5.32 Å². The third kappa shape index (κ3) is 3.47. The van der Waals surface area contributed by atoms with Crippen molar-refractivity contribution in [1.29, 1.82) is 0 Å². The van der Waals surface area contributed by atoms with Crippen molar-refractivity contribution in [2.45, 2.75) is 19.8 Å². The van der Waals surface area contributed by atoms with E-state index in [0.29, 0.717) is 30.5 Å². The van der Waals surface area contributed by atoms with Crippen LogP contribution in [0.5, 0.6) is 0 Å². The summed E-state index contributed by atoms with van der Waals surface area (Å²) in [6.45, 7) is 5.14. The van der Waals surface area contributed by atoms with Crippen molar-refractivity contribution in [3.05, 3.63) is 33.4 Å². The first-order chi connectivity index (χ1) is 11.0. The molecule has 3 N–H and O–H groups in total. The average Bonchev–Trinajstić information content (AvgIpc) is 2.87. The first-order valence-corrected chi connectivity index (χ1v) is 8.02. The normalized spacial score (nSPS) is 23.1. The van der Waals surface area contributed by atoms with Crippen LogP contribution in [0.1, 0.15) is 28.8 Å². The molecule has 2 heterocycles. The topological polar surface area (TPSA) is 102 Å². The molecule has 2 fully saturated rings. The molecule has 0 spiro atoms. The van der Waals surface area contributed by atoms with E-state index < -0.39 is 4.92 Å². The summed E-state index contributed by atoms with van der Waals surface area (Å²) in [6, 6.07) is 3.06. The third-order valence-corrected chi connectivity index (χ3v) is 5.04. The van der Waals surface area contributed by atoms with Gasteiger partial charge in [0.15, 0.2) is 0 Å². The lowest BCUT2D eigenvalue weighted by Gasteiger charge is -2.22. The maximum atomic E-state index is 12.8. The molecule has 0 aromatic heterocycles. The van der Waals surface area contributed by atoms with Crippen LogP contribution in [0, 0.1) is 28.9 Å². The van der Waals surface area contributed by atoms with Crippen molar-refractivity contribution in [3.63, 3.8) is 0 Å². The summed E-state index contributed by atoms with van der Waals surface area (Å²) in [5.41, 5.74) is 6.59. The fourth-order valence-corrected chi connectivity index (χ4v) is 3.70. The highest BCUT2D eigenvalue weighted by atomic mass is 35.5. The summed E-state index contributed by atoms with van der Waals surface area (Å²) in [4.78, 5) is 25.2. The molecule has 0 aliphatic carbocycles. The Balaban J connectivity index is 0.00000208. The fraction of sp³-hybridized carbons (Fsp3) is 0.562. The number of nitro benzene ring substituents is 1. The molecule has 0 unspecified atom stereocenters. The maximum Gasteiger partial charge on any atom is 0.293 e. The molecule has 2 aliphatic rings. The molecular weight excluding hydrogens is 332 g/mol. The molecule has 7 nitrogen and oxygen atoms in total. The van der Waals surface area contributed by atoms with Crippen LogP contribution in [0.15, 0.2) is 12.1 Å². The van der Waals surface area contributed by atoms with E-state index in [1.54, 1.807) is 17.9 Å². The van der Waals surface area contributed by atoms with Crippen molar-refractivity contribution >= 4 is 29.7 Å². The number of nitro groups is 1. The Kier molecular flexibility index (Phi) is 5.66. The lowest BCUT2D eigenvalue weighted by Crippen LogP contribution is -2.33. The van der Waals surface area contributed by atoms with Crippen LogP contribution in [0.25, 0.3) is 0 Å². The van der Waals surface area contributed by atoms with Gasteiger partial charge in [-0.3, -0.25) is 14.9 Å². The van der Waals surface area contributed by atoms with E-state index in [4.69, 9.17) is 5.73 Å². The quantitative estimate of drug-likeness (QED) is 0.480. The van der Waals surface area contributed by atoms with Crippen LogP contribution in [-0.2, 0) is 0 Å². The molecule has 0 bridgehead atoms. The number of amides is 1. The summed E-state index contributed by atoms with van der Waals surface area (Å²) >= 11 is 0. The summed E-state index contributed by atoms with van der Waals surface area (Å²) in [7, 11) is 0. The van der Waals surface area contributed by atoms with E-state index in [0.717, 1.165) is 25.9 Å². The number of nitrogens with zero attached hydrogens (tertiary/aromatic N) is 2. The number of fused-ring (bicyclic) bond motifs is 1. The molecule has 8 heteroatoms. The van der Waals surface area contributed by atoms with Gasteiger partial charge in [-0.2, -0.15) is 0 Å². The zero-order chi connectivity index (χ0) is 16.6. The van der Waals surface area contributed by atoms with Crippen molar-refractivity contribution in [3.8, 4) is 0 Å². The SMILES string of the molecule is Cc1cc(C(=O)N2CC[C@@H]3CNC[C@@H]3CC2)c(N)c([N+](=O)[O-])c1.Cl. The van der Waals surface area contributed by atoms with Gasteiger partial charge in [0, 0.05) is 19.2 Å². The van der Waals surface area contributed by atoms with Gasteiger partial charge >= 0.3 is 0 Å². The van der Waals surface area contributed by atoms with Gasteiger partial charge in [0.25, 0.3) is 11.6 Å². The Morgan fingerprint density at radius 2 is 1.88 bits per heavy atom.